The Morgan fingerprint density at radius 3 is 1.87 bits per heavy atom. The number of nitrogens with zero attached hydrogens (tertiary/aromatic N) is 9. The molecule has 1 aliphatic carbocycles. The van der Waals surface area contributed by atoms with Gasteiger partial charge in [-0.3, -0.25) is 19.0 Å². The molecule has 1 aliphatic rings. The van der Waals surface area contributed by atoms with E-state index in [-0.39, 0.29) is 35.9 Å². The molecule has 11 rings (SSSR count). The third-order valence-corrected chi connectivity index (χ3v) is 13.5. The van der Waals surface area contributed by atoms with Gasteiger partial charge in [0.25, 0.3) is 11.8 Å². The average Bonchev–Trinajstić information content (AvgIpc) is 4.23. The molecule has 10 aromatic rings. The molecule has 0 fully saturated rings. The van der Waals surface area contributed by atoms with E-state index in [0.29, 0.717) is 61.4 Å². The Balaban J connectivity index is 0.000000164. The molecular formula is C52H49F2N13O3S. The van der Waals surface area contributed by atoms with Crippen LogP contribution < -0.4 is 10.6 Å². The number of nitrogens with one attached hydrogen (secondary N) is 4. The van der Waals surface area contributed by atoms with Crippen molar-refractivity contribution >= 4 is 45.5 Å². The van der Waals surface area contributed by atoms with Gasteiger partial charge in [-0.05, 0) is 79.6 Å². The van der Waals surface area contributed by atoms with Crippen molar-refractivity contribution in [3.8, 4) is 45.0 Å². The summed E-state index contributed by atoms with van der Waals surface area (Å²) >= 11 is 1.56. The zero-order chi connectivity index (χ0) is 49.4. The first-order chi connectivity index (χ1) is 34.3. The number of pyridine rings is 2. The number of imidazole rings is 2. The van der Waals surface area contributed by atoms with Crippen molar-refractivity contribution in [3.63, 3.8) is 0 Å². The fourth-order valence-corrected chi connectivity index (χ4v) is 9.53. The van der Waals surface area contributed by atoms with Crippen LogP contribution in [0.5, 0.6) is 0 Å². The number of H-pyrrole nitrogens is 2. The summed E-state index contributed by atoms with van der Waals surface area (Å²) in [6, 6.07) is 17.2. The molecule has 8 heterocycles. The van der Waals surface area contributed by atoms with Crippen LogP contribution in [0.25, 0.3) is 67.4 Å². The first-order valence-electron chi connectivity index (χ1n) is 23.2. The van der Waals surface area contributed by atoms with E-state index in [2.05, 4.69) is 55.9 Å². The lowest BCUT2D eigenvalue weighted by Crippen LogP contribution is -2.23. The first-order valence-corrected chi connectivity index (χ1v) is 24.0. The van der Waals surface area contributed by atoms with E-state index in [1.807, 2.05) is 82.1 Å². The van der Waals surface area contributed by atoms with Gasteiger partial charge in [0, 0.05) is 90.1 Å². The number of carbonyl (C=O) groups excluding carboxylic acids is 2. The number of rotatable bonds is 11. The minimum atomic E-state index is -0.433. The number of thiophene rings is 1. The molecule has 16 nitrogen and oxygen atoms in total. The number of aromatic amines is 2. The lowest BCUT2D eigenvalue weighted by molar-refractivity contribution is 0.0937. The van der Waals surface area contributed by atoms with Crippen molar-refractivity contribution in [2.24, 2.45) is 7.05 Å². The molecule has 0 bridgehead atoms. The molecule has 0 radical (unpaired) electrons. The van der Waals surface area contributed by atoms with Crippen molar-refractivity contribution in [2.45, 2.75) is 78.4 Å². The summed E-state index contributed by atoms with van der Waals surface area (Å²) in [6.45, 7) is 8.81. The highest BCUT2D eigenvalue weighted by molar-refractivity contribution is 7.14. The Hall–Kier alpha value is -8.19. The fraction of sp³-hybridized carbons (Fsp3) is 0.250. The quantitative estimate of drug-likeness (QED) is 0.0966. The van der Waals surface area contributed by atoms with Crippen molar-refractivity contribution in [1.29, 1.82) is 0 Å². The van der Waals surface area contributed by atoms with Crippen LogP contribution in [0.1, 0.15) is 88.0 Å². The summed E-state index contributed by atoms with van der Waals surface area (Å²) < 4.78 is 38.8. The van der Waals surface area contributed by atoms with E-state index < -0.39 is 11.7 Å². The third kappa shape index (κ3) is 9.85. The molecule has 0 spiro atoms. The largest absolute Gasteiger partial charge is 0.360 e. The van der Waals surface area contributed by atoms with Crippen LogP contribution >= 0.6 is 11.3 Å². The monoisotopic (exact) mass is 973 g/mol. The van der Waals surface area contributed by atoms with Crippen LogP contribution in [-0.2, 0) is 44.9 Å². The van der Waals surface area contributed by atoms with Crippen molar-refractivity contribution in [3.05, 3.63) is 147 Å². The molecule has 0 aliphatic heterocycles. The van der Waals surface area contributed by atoms with Gasteiger partial charge in [-0.2, -0.15) is 10.2 Å². The van der Waals surface area contributed by atoms with E-state index in [4.69, 9.17) is 4.52 Å². The van der Waals surface area contributed by atoms with Gasteiger partial charge < -0.3 is 25.1 Å². The van der Waals surface area contributed by atoms with Gasteiger partial charge in [0.1, 0.15) is 29.0 Å². The number of amides is 2. The molecule has 8 aromatic heterocycles. The topological polar surface area (TPSA) is 203 Å². The van der Waals surface area contributed by atoms with Gasteiger partial charge >= 0.3 is 0 Å². The summed E-state index contributed by atoms with van der Waals surface area (Å²) in [4.78, 5) is 51.6. The summed E-state index contributed by atoms with van der Waals surface area (Å²) in [5, 5.41) is 17.9. The SMILES string of the molecule is CCn1cc(-c2nc3nccc(-c4ccc(CNC(=O)c5cc(C(C)(C)C)on5)c(F)c4)c3[nH]2)cn1.Cn1cc(-c2nc3nccc(-c4ccc(CNC(=O)c5cc6c(s5)CCCC6)c(F)c4)c3[nH]2)cn1. The number of fused-ring (bicyclic) bond motifs is 3. The van der Waals surface area contributed by atoms with Gasteiger partial charge in [-0.1, -0.05) is 50.2 Å². The van der Waals surface area contributed by atoms with Gasteiger partial charge in [-0.25, -0.2) is 28.7 Å². The molecular weight excluding hydrogens is 925 g/mol. The highest BCUT2D eigenvalue weighted by atomic mass is 32.1. The molecule has 2 amide bonds. The standard InChI is InChI=1S/C26H26FN7O2.C26H23FN6OS/c1-5-34-14-17(13-30-34)23-31-22-18(8-9-28-24(22)32-23)15-6-7-16(19(27)10-15)12-29-25(35)20-11-21(36-33-20)26(2,3)4;1-33-14-18(13-30-33)24-31-23-19(8-9-28-25(23)32-24)15-6-7-17(20(27)10-15)12-29-26(34)22-11-16-4-2-3-5-21(16)35-22/h6-11,13-14H,5,12H2,1-4H3,(H,29,35)(H,28,31,32);6-11,13-14H,2-5,12H2,1H3,(H,29,34)(H,28,31,32). The lowest BCUT2D eigenvalue weighted by Gasteiger charge is -2.12. The van der Waals surface area contributed by atoms with Gasteiger partial charge in [0.05, 0.1) is 39.4 Å². The van der Waals surface area contributed by atoms with Crippen molar-refractivity contribution in [2.75, 3.05) is 0 Å². The molecule has 0 saturated carbocycles. The highest BCUT2D eigenvalue weighted by Gasteiger charge is 2.23. The van der Waals surface area contributed by atoms with Crippen molar-refractivity contribution < 1.29 is 22.9 Å². The minimum absolute atomic E-state index is 0.0179. The molecule has 4 N–H and O–H groups in total. The van der Waals surface area contributed by atoms with E-state index in [0.717, 1.165) is 47.2 Å². The van der Waals surface area contributed by atoms with Crippen LogP contribution in [0.3, 0.4) is 0 Å². The summed E-state index contributed by atoms with van der Waals surface area (Å²) in [5.41, 5.74) is 9.14. The number of halogens is 2. The molecule has 71 heavy (non-hydrogen) atoms. The van der Waals surface area contributed by atoms with Gasteiger partial charge in [-0.15, -0.1) is 11.3 Å². The normalized spacial score (nSPS) is 12.5. The summed E-state index contributed by atoms with van der Waals surface area (Å²) in [6.07, 6.45) is 15.0. The Bertz CT molecular complexity index is 3570. The maximum atomic E-state index is 15.0. The van der Waals surface area contributed by atoms with Crippen LogP contribution in [0, 0.1) is 11.6 Å². The van der Waals surface area contributed by atoms with E-state index in [1.54, 1.807) is 59.0 Å². The number of benzene rings is 2. The number of hydrogen-bond acceptors (Lipinski definition) is 11. The lowest BCUT2D eigenvalue weighted by atomic mass is 9.93. The Morgan fingerprint density at radius 1 is 0.746 bits per heavy atom. The summed E-state index contributed by atoms with van der Waals surface area (Å²) in [7, 11) is 1.84. The van der Waals surface area contributed by atoms with Crippen LogP contribution in [-0.4, -0.2) is 66.4 Å². The predicted octanol–water partition coefficient (Wildman–Crippen LogP) is 9.90. The fourth-order valence-electron chi connectivity index (χ4n) is 8.36. The van der Waals surface area contributed by atoms with Gasteiger partial charge in [0.2, 0.25) is 0 Å². The molecule has 0 saturated heterocycles. The molecule has 360 valence electrons. The average molecular weight is 974 g/mol. The number of aryl methyl sites for hydroxylation is 4. The second-order valence-corrected chi connectivity index (χ2v) is 19.5. The van der Waals surface area contributed by atoms with Crippen molar-refractivity contribution in [1.82, 2.24) is 65.3 Å². The zero-order valence-electron chi connectivity index (χ0n) is 39.6. The van der Waals surface area contributed by atoms with E-state index in [9.17, 15) is 9.59 Å². The smallest absolute Gasteiger partial charge is 0.273 e. The van der Waals surface area contributed by atoms with Crippen LogP contribution in [0.15, 0.2) is 102 Å². The maximum absolute atomic E-state index is 15.0. The zero-order valence-corrected chi connectivity index (χ0v) is 40.4. The molecule has 0 unspecified atom stereocenters. The first kappa shape index (κ1) is 46.5. The number of aromatic nitrogens is 11. The van der Waals surface area contributed by atoms with E-state index in [1.165, 1.54) is 35.4 Å². The maximum Gasteiger partial charge on any atom is 0.273 e. The second-order valence-electron chi connectivity index (χ2n) is 18.3. The minimum Gasteiger partial charge on any atom is -0.360 e. The third-order valence-electron chi connectivity index (χ3n) is 12.3. The van der Waals surface area contributed by atoms with Gasteiger partial charge in [0.15, 0.2) is 17.0 Å². The van der Waals surface area contributed by atoms with Crippen LogP contribution in [0.2, 0.25) is 0 Å². The second kappa shape index (κ2) is 19.3. The van der Waals surface area contributed by atoms with E-state index >= 15 is 8.78 Å². The Labute approximate surface area is 410 Å². The molecule has 19 heteroatoms. The Kier molecular flexibility index (Phi) is 12.7. The molecule has 0 atom stereocenters. The summed E-state index contributed by atoms with van der Waals surface area (Å²) in [5.74, 6) is 0.527. The number of hydrogen-bond donors (Lipinski definition) is 4. The molecule has 2 aromatic carbocycles. The number of carbonyl (C=O) groups is 2. The highest BCUT2D eigenvalue weighted by Crippen LogP contribution is 2.33. The Morgan fingerprint density at radius 2 is 1.34 bits per heavy atom. The predicted molar refractivity (Wildman–Crippen MR) is 266 cm³/mol. The van der Waals surface area contributed by atoms with Crippen LogP contribution in [0.4, 0.5) is 8.78 Å².